The van der Waals surface area contributed by atoms with Crippen LogP contribution < -0.4 is 10.6 Å². The SMILES string of the molecule is O=C(O)CCNC(=O)NCc1ccc2nsnc2c1. The highest BCUT2D eigenvalue weighted by Crippen LogP contribution is 2.13. The summed E-state index contributed by atoms with van der Waals surface area (Å²) in [6.45, 7) is 0.461. The number of nitrogens with zero attached hydrogens (tertiary/aromatic N) is 2. The Balaban J connectivity index is 1.81. The predicted octanol–water partition coefficient (Wildman–Crippen LogP) is 0.965. The van der Waals surface area contributed by atoms with Gasteiger partial charge in [0.15, 0.2) is 0 Å². The van der Waals surface area contributed by atoms with Crippen molar-refractivity contribution in [2.45, 2.75) is 13.0 Å². The van der Waals surface area contributed by atoms with Crippen LogP contribution in [0.15, 0.2) is 18.2 Å². The fourth-order valence-corrected chi connectivity index (χ4v) is 1.98. The minimum atomic E-state index is -0.943. The maximum Gasteiger partial charge on any atom is 0.315 e. The molecule has 8 heteroatoms. The summed E-state index contributed by atoms with van der Waals surface area (Å²) in [5.41, 5.74) is 2.55. The average Bonchev–Trinajstić information content (AvgIpc) is 2.83. The smallest absolute Gasteiger partial charge is 0.315 e. The third-order valence-electron chi connectivity index (χ3n) is 2.40. The van der Waals surface area contributed by atoms with E-state index < -0.39 is 12.0 Å². The molecule has 0 fully saturated rings. The van der Waals surface area contributed by atoms with Crippen LogP contribution in [0.3, 0.4) is 0 Å². The van der Waals surface area contributed by atoms with E-state index >= 15 is 0 Å². The Morgan fingerprint density at radius 1 is 1.21 bits per heavy atom. The number of hydrogen-bond donors (Lipinski definition) is 3. The van der Waals surface area contributed by atoms with Gasteiger partial charge in [-0.05, 0) is 17.7 Å². The second-order valence-electron chi connectivity index (χ2n) is 3.84. The average molecular weight is 280 g/mol. The van der Waals surface area contributed by atoms with Crippen molar-refractivity contribution in [2.24, 2.45) is 0 Å². The van der Waals surface area contributed by atoms with Crippen LogP contribution in [0, 0.1) is 0 Å². The van der Waals surface area contributed by atoms with Gasteiger partial charge in [-0.3, -0.25) is 4.79 Å². The second kappa shape index (κ2) is 6.10. The third-order valence-corrected chi connectivity index (χ3v) is 2.95. The Morgan fingerprint density at radius 2 is 2.00 bits per heavy atom. The van der Waals surface area contributed by atoms with E-state index in [0.29, 0.717) is 6.54 Å². The molecule has 0 aliphatic rings. The summed E-state index contributed by atoms with van der Waals surface area (Å²) >= 11 is 1.14. The van der Waals surface area contributed by atoms with E-state index in [0.717, 1.165) is 28.3 Å². The van der Waals surface area contributed by atoms with Gasteiger partial charge in [0, 0.05) is 13.1 Å². The normalized spacial score (nSPS) is 10.3. The van der Waals surface area contributed by atoms with Crippen molar-refractivity contribution >= 4 is 34.8 Å². The summed E-state index contributed by atoms with van der Waals surface area (Å²) in [5, 5.41) is 13.5. The van der Waals surface area contributed by atoms with Crippen molar-refractivity contribution in [1.29, 1.82) is 0 Å². The number of carbonyl (C=O) groups is 2. The molecule has 0 aliphatic carbocycles. The number of nitrogens with one attached hydrogen (secondary N) is 2. The Labute approximate surface area is 113 Å². The van der Waals surface area contributed by atoms with Crippen LogP contribution in [-0.2, 0) is 11.3 Å². The minimum Gasteiger partial charge on any atom is -0.481 e. The van der Waals surface area contributed by atoms with E-state index in [4.69, 9.17) is 5.11 Å². The van der Waals surface area contributed by atoms with Crippen LogP contribution >= 0.6 is 11.7 Å². The fourth-order valence-electron chi connectivity index (χ4n) is 1.47. The molecule has 2 rings (SSSR count). The molecular weight excluding hydrogens is 268 g/mol. The molecule has 0 spiro atoms. The van der Waals surface area contributed by atoms with Crippen molar-refractivity contribution in [1.82, 2.24) is 19.4 Å². The lowest BCUT2D eigenvalue weighted by molar-refractivity contribution is -0.136. The topological polar surface area (TPSA) is 104 Å². The molecule has 7 nitrogen and oxygen atoms in total. The molecule has 0 atom stereocenters. The van der Waals surface area contributed by atoms with Gasteiger partial charge in [-0.1, -0.05) is 6.07 Å². The van der Waals surface area contributed by atoms with Crippen molar-refractivity contribution < 1.29 is 14.7 Å². The van der Waals surface area contributed by atoms with E-state index in [1.807, 2.05) is 18.2 Å². The number of aliphatic carboxylic acids is 1. The van der Waals surface area contributed by atoms with Crippen molar-refractivity contribution in [2.75, 3.05) is 6.54 Å². The number of carboxylic acid groups (broad SMARTS) is 1. The number of urea groups is 1. The van der Waals surface area contributed by atoms with E-state index in [1.165, 1.54) is 0 Å². The summed E-state index contributed by atoms with van der Waals surface area (Å²) in [6, 6.07) is 5.17. The van der Waals surface area contributed by atoms with Crippen LogP contribution in [0.2, 0.25) is 0 Å². The molecule has 0 unspecified atom stereocenters. The van der Waals surface area contributed by atoms with E-state index in [9.17, 15) is 9.59 Å². The van der Waals surface area contributed by atoms with Gasteiger partial charge in [0.05, 0.1) is 18.1 Å². The number of benzene rings is 1. The summed E-state index contributed by atoms with van der Waals surface area (Å²) < 4.78 is 8.20. The molecule has 1 heterocycles. The fraction of sp³-hybridized carbons (Fsp3) is 0.273. The molecule has 0 radical (unpaired) electrons. The van der Waals surface area contributed by atoms with Gasteiger partial charge >= 0.3 is 12.0 Å². The van der Waals surface area contributed by atoms with Crippen molar-refractivity contribution in [3.8, 4) is 0 Å². The monoisotopic (exact) mass is 280 g/mol. The lowest BCUT2D eigenvalue weighted by Gasteiger charge is -2.06. The Bertz CT molecular complexity index is 598. The van der Waals surface area contributed by atoms with Crippen LogP contribution in [0.5, 0.6) is 0 Å². The summed E-state index contributed by atoms with van der Waals surface area (Å²) in [6.07, 6.45) is -0.0934. The molecular formula is C11H12N4O3S. The zero-order valence-corrected chi connectivity index (χ0v) is 10.7. The maximum absolute atomic E-state index is 11.4. The number of aromatic nitrogens is 2. The Hall–Kier alpha value is -2.22. The highest BCUT2D eigenvalue weighted by Gasteiger charge is 2.04. The first kappa shape index (κ1) is 13.2. The summed E-state index contributed by atoms with van der Waals surface area (Å²) in [5.74, 6) is -0.943. The van der Waals surface area contributed by atoms with Gasteiger partial charge in [-0.25, -0.2) is 4.79 Å². The molecule has 2 aromatic rings. The molecule has 0 bridgehead atoms. The largest absolute Gasteiger partial charge is 0.481 e. The highest BCUT2D eigenvalue weighted by molar-refractivity contribution is 7.00. The van der Waals surface area contributed by atoms with Gasteiger partial charge in [-0.2, -0.15) is 8.75 Å². The number of hydrogen-bond acceptors (Lipinski definition) is 5. The molecule has 0 aliphatic heterocycles. The van der Waals surface area contributed by atoms with Gasteiger partial charge in [0.1, 0.15) is 11.0 Å². The van der Waals surface area contributed by atoms with Gasteiger partial charge in [0.25, 0.3) is 0 Å². The van der Waals surface area contributed by atoms with Crippen LogP contribution in [-0.4, -0.2) is 32.4 Å². The second-order valence-corrected chi connectivity index (χ2v) is 4.37. The third kappa shape index (κ3) is 3.88. The first-order valence-corrected chi connectivity index (χ1v) is 6.33. The number of rotatable bonds is 5. The van der Waals surface area contributed by atoms with Crippen LogP contribution in [0.1, 0.15) is 12.0 Å². The quantitative estimate of drug-likeness (QED) is 0.757. The van der Waals surface area contributed by atoms with Crippen molar-refractivity contribution in [3.63, 3.8) is 0 Å². The number of amides is 2. The number of carboxylic acids is 1. The molecule has 2 amide bonds. The van der Waals surface area contributed by atoms with E-state index in [2.05, 4.69) is 19.4 Å². The van der Waals surface area contributed by atoms with Crippen LogP contribution in [0.25, 0.3) is 11.0 Å². The lowest BCUT2D eigenvalue weighted by atomic mass is 10.2. The molecule has 1 aromatic heterocycles. The zero-order valence-electron chi connectivity index (χ0n) is 9.92. The lowest BCUT2D eigenvalue weighted by Crippen LogP contribution is -2.36. The van der Waals surface area contributed by atoms with Crippen LogP contribution in [0.4, 0.5) is 4.79 Å². The molecule has 0 saturated carbocycles. The standard InChI is InChI=1S/C11H12N4O3S/c16-10(17)3-4-12-11(18)13-6-7-1-2-8-9(5-7)15-19-14-8/h1-2,5H,3-4,6H2,(H,16,17)(H2,12,13,18). The van der Waals surface area contributed by atoms with Gasteiger partial charge in [-0.15, -0.1) is 0 Å². The molecule has 3 N–H and O–H groups in total. The minimum absolute atomic E-state index is 0.0934. The maximum atomic E-state index is 11.4. The first-order chi connectivity index (χ1) is 9.15. The van der Waals surface area contributed by atoms with Gasteiger partial charge < -0.3 is 15.7 Å². The summed E-state index contributed by atoms with van der Waals surface area (Å²) in [4.78, 5) is 21.6. The Kier molecular flexibility index (Phi) is 4.24. The van der Waals surface area contributed by atoms with E-state index in [-0.39, 0.29) is 13.0 Å². The molecule has 0 saturated heterocycles. The first-order valence-electron chi connectivity index (χ1n) is 5.60. The highest BCUT2D eigenvalue weighted by atomic mass is 32.1. The number of carbonyl (C=O) groups excluding carboxylic acids is 1. The molecule has 1 aromatic carbocycles. The van der Waals surface area contributed by atoms with Gasteiger partial charge in [0.2, 0.25) is 0 Å². The summed E-state index contributed by atoms with van der Waals surface area (Å²) in [7, 11) is 0. The number of fused-ring (bicyclic) bond motifs is 1. The Morgan fingerprint density at radius 3 is 2.79 bits per heavy atom. The molecule has 100 valence electrons. The van der Waals surface area contributed by atoms with E-state index in [1.54, 1.807) is 0 Å². The molecule has 19 heavy (non-hydrogen) atoms. The van der Waals surface area contributed by atoms with Crippen molar-refractivity contribution in [3.05, 3.63) is 23.8 Å². The zero-order chi connectivity index (χ0) is 13.7. The predicted molar refractivity (Wildman–Crippen MR) is 69.9 cm³/mol.